The van der Waals surface area contributed by atoms with Gasteiger partial charge in [-0.05, 0) is 12.8 Å². The Morgan fingerprint density at radius 3 is 2.84 bits per heavy atom. The minimum absolute atomic E-state index is 0.0171. The molecule has 1 aromatic rings. The van der Waals surface area contributed by atoms with Gasteiger partial charge in [0.1, 0.15) is 4.88 Å². The van der Waals surface area contributed by atoms with Crippen molar-refractivity contribution in [2.75, 3.05) is 13.6 Å². The molecule has 1 N–H and O–H groups in total. The van der Waals surface area contributed by atoms with Crippen LogP contribution in [0.4, 0.5) is 0 Å². The zero-order chi connectivity index (χ0) is 14.0. The van der Waals surface area contributed by atoms with Gasteiger partial charge in [-0.2, -0.15) is 0 Å². The highest BCUT2D eigenvalue weighted by Gasteiger charge is 2.28. The minimum Gasteiger partial charge on any atom is -0.393 e. The van der Waals surface area contributed by atoms with Crippen molar-refractivity contribution in [3.05, 3.63) is 16.1 Å². The summed E-state index contributed by atoms with van der Waals surface area (Å²) in [6.45, 7) is 4.78. The lowest BCUT2D eigenvalue weighted by Crippen LogP contribution is -2.34. The molecule has 4 nitrogen and oxygen atoms in total. The van der Waals surface area contributed by atoms with Gasteiger partial charge in [-0.25, -0.2) is 4.98 Å². The fraction of sp³-hybridized carbons (Fsp3) is 0.714. The summed E-state index contributed by atoms with van der Waals surface area (Å²) >= 11 is 1.47. The summed E-state index contributed by atoms with van der Waals surface area (Å²) in [6.07, 6.45) is 4.36. The van der Waals surface area contributed by atoms with Crippen molar-refractivity contribution in [1.29, 1.82) is 0 Å². The van der Waals surface area contributed by atoms with Gasteiger partial charge in [0.2, 0.25) is 0 Å². The molecule has 1 amide bonds. The zero-order valence-corrected chi connectivity index (χ0v) is 12.6. The standard InChI is InChI=1S/C14H22N2O2S/c1-9(2)13-15-7-12(19-13)14(18)16(3)8-10-5-4-6-11(10)17/h7,9-11,17H,4-6,8H2,1-3H3. The first kappa shape index (κ1) is 14.5. The number of carbonyl (C=O) groups excluding carboxylic acids is 1. The quantitative estimate of drug-likeness (QED) is 0.923. The van der Waals surface area contributed by atoms with E-state index in [4.69, 9.17) is 0 Å². The van der Waals surface area contributed by atoms with E-state index < -0.39 is 0 Å². The largest absolute Gasteiger partial charge is 0.393 e. The summed E-state index contributed by atoms with van der Waals surface area (Å²) in [7, 11) is 1.81. The molecule has 1 aliphatic rings. The van der Waals surface area contributed by atoms with Gasteiger partial charge in [-0.3, -0.25) is 4.79 Å². The van der Waals surface area contributed by atoms with Crippen LogP contribution in [0.3, 0.4) is 0 Å². The lowest BCUT2D eigenvalue weighted by atomic mass is 10.1. The molecule has 0 aromatic carbocycles. The topological polar surface area (TPSA) is 53.4 Å². The first-order valence-corrected chi connectivity index (χ1v) is 7.70. The highest BCUT2D eigenvalue weighted by molar-refractivity contribution is 7.13. The third-order valence-electron chi connectivity index (χ3n) is 3.70. The third kappa shape index (κ3) is 3.34. The van der Waals surface area contributed by atoms with E-state index in [2.05, 4.69) is 18.8 Å². The van der Waals surface area contributed by atoms with E-state index in [0.29, 0.717) is 17.3 Å². The average molecular weight is 282 g/mol. The molecular formula is C14H22N2O2S. The number of thiazole rings is 1. The molecule has 106 valence electrons. The Hall–Kier alpha value is -0.940. The minimum atomic E-state index is -0.247. The number of hydrogen-bond donors (Lipinski definition) is 1. The van der Waals surface area contributed by atoms with E-state index in [0.717, 1.165) is 24.3 Å². The molecule has 0 spiro atoms. The van der Waals surface area contributed by atoms with Crippen molar-refractivity contribution in [3.8, 4) is 0 Å². The van der Waals surface area contributed by atoms with E-state index in [-0.39, 0.29) is 17.9 Å². The Morgan fingerprint density at radius 2 is 2.32 bits per heavy atom. The number of hydrogen-bond acceptors (Lipinski definition) is 4. The molecular weight excluding hydrogens is 260 g/mol. The van der Waals surface area contributed by atoms with Gasteiger partial charge < -0.3 is 10.0 Å². The summed E-state index contributed by atoms with van der Waals surface area (Å²) in [5.41, 5.74) is 0. The number of rotatable bonds is 4. The van der Waals surface area contributed by atoms with E-state index in [1.807, 2.05) is 7.05 Å². The first-order chi connectivity index (χ1) is 8.99. The molecule has 0 bridgehead atoms. The monoisotopic (exact) mass is 282 g/mol. The molecule has 5 heteroatoms. The van der Waals surface area contributed by atoms with Gasteiger partial charge in [0.05, 0.1) is 17.3 Å². The van der Waals surface area contributed by atoms with Crippen molar-refractivity contribution in [2.24, 2.45) is 5.92 Å². The molecule has 2 atom stereocenters. The number of aliphatic hydroxyl groups is 1. The van der Waals surface area contributed by atoms with E-state index >= 15 is 0 Å². The number of nitrogens with zero attached hydrogens (tertiary/aromatic N) is 2. The fourth-order valence-corrected chi connectivity index (χ4v) is 3.42. The second-order valence-electron chi connectivity index (χ2n) is 5.66. The van der Waals surface area contributed by atoms with Crippen LogP contribution in [0.1, 0.15) is 53.7 Å². The average Bonchev–Trinajstić information content (AvgIpc) is 2.98. The predicted molar refractivity (Wildman–Crippen MR) is 76.5 cm³/mol. The molecule has 0 aliphatic heterocycles. The Labute approximate surface area is 118 Å². The summed E-state index contributed by atoms with van der Waals surface area (Å²) < 4.78 is 0. The molecule has 0 saturated heterocycles. The van der Waals surface area contributed by atoms with Crippen LogP contribution in [0.5, 0.6) is 0 Å². The summed E-state index contributed by atoms with van der Waals surface area (Å²) in [5.74, 6) is 0.600. The molecule has 1 aromatic heterocycles. The maximum Gasteiger partial charge on any atom is 0.265 e. The van der Waals surface area contributed by atoms with Crippen LogP contribution < -0.4 is 0 Å². The number of carbonyl (C=O) groups is 1. The van der Waals surface area contributed by atoms with E-state index in [9.17, 15) is 9.90 Å². The molecule has 1 aliphatic carbocycles. The van der Waals surface area contributed by atoms with Crippen LogP contribution in [0, 0.1) is 5.92 Å². The van der Waals surface area contributed by atoms with Gasteiger partial charge in [0.25, 0.3) is 5.91 Å². The van der Waals surface area contributed by atoms with Crippen LogP contribution in [0.25, 0.3) is 0 Å². The second kappa shape index (κ2) is 6.01. The van der Waals surface area contributed by atoms with Crippen LogP contribution in [0.2, 0.25) is 0 Å². The van der Waals surface area contributed by atoms with Gasteiger partial charge >= 0.3 is 0 Å². The van der Waals surface area contributed by atoms with Crippen molar-refractivity contribution < 1.29 is 9.90 Å². The van der Waals surface area contributed by atoms with Crippen LogP contribution in [-0.2, 0) is 0 Å². The molecule has 1 heterocycles. The lowest BCUT2D eigenvalue weighted by molar-refractivity contribution is 0.0697. The van der Waals surface area contributed by atoms with Gasteiger partial charge in [0.15, 0.2) is 0 Å². The maximum absolute atomic E-state index is 12.3. The van der Waals surface area contributed by atoms with Crippen molar-refractivity contribution in [2.45, 2.75) is 45.1 Å². The van der Waals surface area contributed by atoms with Crippen molar-refractivity contribution in [1.82, 2.24) is 9.88 Å². The number of aliphatic hydroxyl groups excluding tert-OH is 1. The molecule has 2 unspecified atom stereocenters. The van der Waals surface area contributed by atoms with Crippen LogP contribution >= 0.6 is 11.3 Å². The fourth-order valence-electron chi connectivity index (χ4n) is 2.51. The second-order valence-corrected chi connectivity index (χ2v) is 6.72. The Kier molecular flexibility index (Phi) is 4.58. The first-order valence-electron chi connectivity index (χ1n) is 6.88. The molecule has 0 radical (unpaired) electrons. The summed E-state index contributed by atoms with van der Waals surface area (Å²) in [6, 6.07) is 0. The normalized spacial score (nSPS) is 23.0. The summed E-state index contributed by atoms with van der Waals surface area (Å²) in [5, 5.41) is 10.8. The lowest BCUT2D eigenvalue weighted by Gasteiger charge is -2.22. The van der Waals surface area contributed by atoms with Crippen molar-refractivity contribution >= 4 is 17.2 Å². The third-order valence-corrected chi connectivity index (χ3v) is 4.99. The van der Waals surface area contributed by atoms with E-state index in [1.165, 1.54) is 11.3 Å². The highest BCUT2D eigenvalue weighted by atomic mass is 32.1. The Balaban J connectivity index is 1.97. The van der Waals surface area contributed by atoms with Gasteiger partial charge in [-0.15, -0.1) is 11.3 Å². The predicted octanol–water partition coefficient (Wildman–Crippen LogP) is 2.50. The maximum atomic E-state index is 12.3. The number of aromatic nitrogens is 1. The van der Waals surface area contributed by atoms with E-state index in [1.54, 1.807) is 11.1 Å². The highest BCUT2D eigenvalue weighted by Crippen LogP contribution is 2.27. The Morgan fingerprint density at radius 1 is 1.58 bits per heavy atom. The van der Waals surface area contributed by atoms with Crippen LogP contribution in [0.15, 0.2) is 6.20 Å². The van der Waals surface area contributed by atoms with Gasteiger partial charge in [0, 0.05) is 25.4 Å². The molecule has 19 heavy (non-hydrogen) atoms. The zero-order valence-electron chi connectivity index (χ0n) is 11.8. The van der Waals surface area contributed by atoms with Crippen LogP contribution in [-0.4, -0.2) is 40.6 Å². The summed E-state index contributed by atoms with van der Waals surface area (Å²) in [4.78, 5) is 19.0. The van der Waals surface area contributed by atoms with Crippen molar-refractivity contribution in [3.63, 3.8) is 0 Å². The number of amides is 1. The SMILES string of the molecule is CC(C)c1ncc(C(=O)N(C)CC2CCCC2O)s1. The van der Waals surface area contributed by atoms with Gasteiger partial charge in [-0.1, -0.05) is 20.3 Å². The molecule has 2 rings (SSSR count). The smallest absolute Gasteiger partial charge is 0.265 e. The Bertz CT molecular complexity index is 444. The molecule has 1 saturated carbocycles. The molecule has 1 fully saturated rings.